The number of nitrogens with one attached hydrogen (secondary N) is 2. The molecule has 10 heteroatoms. The van der Waals surface area contributed by atoms with Gasteiger partial charge in [0.1, 0.15) is 6.20 Å². The Morgan fingerprint density at radius 1 is 1.67 bits per heavy atom. The van der Waals surface area contributed by atoms with Crippen LogP contribution in [-0.2, 0) is 6.54 Å². The van der Waals surface area contributed by atoms with Crippen molar-refractivity contribution in [2.75, 3.05) is 5.32 Å². The molecule has 0 aliphatic rings. The molecule has 0 fully saturated rings. The molecule has 0 aliphatic carbocycles. The van der Waals surface area contributed by atoms with Crippen LogP contribution in [0.1, 0.15) is 5.82 Å². The zero-order chi connectivity index (χ0) is 10.7. The van der Waals surface area contributed by atoms with E-state index in [0.29, 0.717) is 17.5 Å². The molecule has 2 aromatic heterocycles. The number of nitrogens with zero attached hydrogens (tertiary/aromatic N) is 5. The lowest BCUT2D eigenvalue weighted by Gasteiger charge is -1.94. The van der Waals surface area contributed by atoms with Crippen LogP contribution >= 0.6 is 11.3 Å². The second kappa shape index (κ2) is 3.96. The van der Waals surface area contributed by atoms with Gasteiger partial charge in [0.2, 0.25) is 0 Å². The van der Waals surface area contributed by atoms with E-state index in [2.05, 4.69) is 30.9 Å². The fourth-order valence-corrected chi connectivity index (χ4v) is 1.47. The summed E-state index contributed by atoms with van der Waals surface area (Å²) in [5.41, 5.74) is 0. The van der Waals surface area contributed by atoms with Gasteiger partial charge in [-0.25, -0.2) is 4.98 Å². The lowest BCUT2D eigenvalue weighted by Crippen LogP contribution is -2.00. The number of anilines is 1. The summed E-state index contributed by atoms with van der Waals surface area (Å²) in [5.74, 6) is 0.466. The smallest absolute Gasteiger partial charge is 0.345 e. The highest BCUT2D eigenvalue weighted by Crippen LogP contribution is 2.24. The third-order valence-corrected chi connectivity index (χ3v) is 2.37. The van der Waals surface area contributed by atoms with Gasteiger partial charge >= 0.3 is 5.00 Å². The maximum atomic E-state index is 10.4. The Bertz CT molecular complexity index is 452. The van der Waals surface area contributed by atoms with Crippen molar-refractivity contribution < 1.29 is 4.92 Å². The molecule has 9 nitrogen and oxygen atoms in total. The number of thiazole rings is 1. The van der Waals surface area contributed by atoms with Crippen LogP contribution in [-0.4, -0.2) is 30.5 Å². The van der Waals surface area contributed by atoms with Crippen LogP contribution in [0, 0.1) is 10.1 Å². The van der Waals surface area contributed by atoms with E-state index in [0.717, 1.165) is 11.3 Å². The molecular weight excluding hydrogens is 222 g/mol. The van der Waals surface area contributed by atoms with Gasteiger partial charge in [0.15, 0.2) is 11.0 Å². The van der Waals surface area contributed by atoms with Crippen LogP contribution in [0.25, 0.3) is 0 Å². The minimum atomic E-state index is -0.489. The lowest BCUT2D eigenvalue weighted by molar-refractivity contribution is -0.380. The molecular formula is C5H5N7O2S. The number of H-pyrrole nitrogens is 1. The van der Waals surface area contributed by atoms with Gasteiger partial charge in [0.05, 0.1) is 11.5 Å². The van der Waals surface area contributed by atoms with Crippen LogP contribution in [0.2, 0.25) is 0 Å². The predicted octanol–water partition coefficient (Wildman–Crippen LogP) is 0.176. The maximum absolute atomic E-state index is 10.4. The highest BCUT2D eigenvalue weighted by atomic mass is 32.1. The second-order valence-corrected chi connectivity index (χ2v) is 3.45. The summed E-state index contributed by atoms with van der Waals surface area (Å²) < 4.78 is 0. The largest absolute Gasteiger partial charge is 0.354 e. The zero-order valence-electron chi connectivity index (χ0n) is 7.25. The molecule has 2 heterocycles. The average molecular weight is 227 g/mol. The Labute approximate surface area is 86.7 Å². The van der Waals surface area contributed by atoms with Crippen molar-refractivity contribution in [2.24, 2.45) is 0 Å². The molecule has 0 spiro atoms. The number of hydrogen-bond donors (Lipinski definition) is 2. The van der Waals surface area contributed by atoms with Gasteiger partial charge in [-0.3, -0.25) is 10.1 Å². The topological polar surface area (TPSA) is 123 Å². The number of aromatic amines is 1. The minimum absolute atomic E-state index is 0.00869. The molecule has 0 aliphatic heterocycles. The van der Waals surface area contributed by atoms with Gasteiger partial charge in [-0.1, -0.05) is 5.21 Å². The SMILES string of the molecule is O=[N+]([O-])c1cnc(NCc2nn[nH]n2)s1. The van der Waals surface area contributed by atoms with Gasteiger partial charge in [-0.05, 0) is 11.3 Å². The summed E-state index contributed by atoms with van der Waals surface area (Å²) in [6.07, 6.45) is 1.20. The van der Waals surface area contributed by atoms with Crippen LogP contribution in [0.3, 0.4) is 0 Å². The first-order valence-corrected chi connectivity index (χ1v) is 4.64. The summed E-state index contributed by atoms with van der Waals surface area (Å²) >= 11 is 0.955. The third kappa shape index (κ3) is 2.22. The van der Waals surface area contributed by atoms with Gasteiger partial charge in [-0.15, -0.1) is 10.2 Å². The summed E-state index contributed by atoms with van der Waals surface area (Å²) in [4.78, 5) is 13.7. The van der Waals surface area contributed by atoms with Crippen molar-refractivity contribution in [2.45, 2.75) is 6.54 Å². The fraction of sp³-hybridized carbons (Fsp3) is 0.200. The number of aromatic nitrogens is 5. The van der Waals surface area contributed by atoms with E-state index in [1.54, 1.807) is 0 Å². The van der Waals surface area contributed by atoms with E-state index in [4.69, 9.17) is 0 Å². The molecule has 78 valence electrons. The fourth-order valence-electron chi connectivity index (χ4n) is 0.844. The Balaban J connectivity index is 1.96. The molecule has 0 radical (unpaired) electrons. The molecule has 0 atom stereocenters. The molecule has 2 rings (SSSR count). The van der Waals surface area contributed by atoms with Gasteiger partial charge in [0, 0.05) is 0 Å². The highest BCUT2D eigenvalue weighted by Gasteiger charge is 2.11. The van der Waals surface area contributed by atoms with Crippen LogP contribution in [0.15, 0.2) is 6.20 Å². The van der Waals surface area contributed by atoms with E-state index in [1.807, 2.05) is 0 Å². The minimum Gasteiger partial charge on any atom is -0.354 e. The van der Waals surface area contributed by atoms with E-state index < -0.39 is 4.92 Å². The summed E-state index contributed by atoms with van der Waals surface area (Å²) in [6.45, 7) is 0.321. The Hall–Kier alpha value is -2.10. The number of nitro groups is 1. The second-order valence-electron chi connectivity index (χ2n) is 2.44. The van der Waals surface area contributed by atoms with Gasteiger partial charge < -0.3 is 5.32 Å². The van der Waals surface area contributed by atoms with Gasteiger partial charge in [0.25, 0.3) is 0 Å². The number of hydrogen-bond acceptors (Lipinski definition) is 8. The average Bonchev–Trinajstić information content (AvgIpc) is 2.86. The first-order valence-electron chi connectivity index (χ1n) is 3.82. The normalized spacial score (nSPS) is 10.1. The molecule has 0 saturated heterocycles. The standard InChI is InChI=1S/C5H5N7O2S/c13-12(14)4-2-7-5(15-4)6-1-3-8-10-11-9-3/h2H,1H2,(H,6,7)(H,8,9,10,11). The van der Waals surface area contributed by atoms with Crippen molar-refractivity contribution in [1.29, 1.82) is 0 Å². The molecule has 15 heavy (non-hydrogen) atoms. The molecule has 0 aromatic carbocycles. The Morgan fingerprint density at radius 2 is 2.53 bits per heavy atom. The van der Waals surface area contributed by atoms with Crippen molar-refractivity contribution in [3.63, 3.8) is 0 Å². The third-order valence-electron chi connectivity index (χ3n) is 1.46. The van der Waals surface area contributed by atoms with Crippen LogP contribution < -0.4 is 5.32 Å². The maximum Gasteiger partial charge on any atom is 0.345 e. The number of rotatable bonds is 4. The van der Waals surface area contributed by atoms with Crippen LogP contribution in [0.4, 0.5) is 10.1 Å². The van der Waals surface area contributed by atoms with Crippen LogP contribution in [0.5, 0.6) is 0 Å². The highest BCUT2D eigenvalue weighted by molar-refractivity contribution is 7.18. The summed E-state index contributed by atoms with van der Waals surface area (Å²) in [7, 11) is 0. The van der Waals surface area contributed by atoms with Crippen molar-refractivity contribution in [3.8, 4) is 0 Å². The van der Waals surface area contributed by atoms with E-state index >= 15 is 0 Å². The first-order chi connectivity index (χ1) is 7.25. The van der Waals surface area contributed by atoms with E-state index in [1.165, 1.54) is 6.20 Å². The summed E-state index contributed by atoms with van der Waals surface area (Å²) in [5, 5.41) is 26.7. The quantitative estimate of drug-likeness (QED) is 0.564. The lowest BCUT2D eigenvalue weighted by atomic mass is 10.6. The molecule has 2 N–H and O–H groups in total. The monoisotopic (exact) mass is 227 g/mol. The predicted molar refractivity (Wildman–Crippen MR) is 50.3 cm³/mol. The number of tetrazole rings is 1. The zero-order valence-corrected chi connectivity index (χ0v) is 8.06. The Kier molecular flexibility index (Phi) is 2.49. The van der Waals surface area contributed by atoms with E-state index in [9.17, 15) is 10.1 Å². The molecule has 0 amide bonds. The molecule has 2 aromatic rings. The van der Waals surface area contributed by atoms with Crippen molar-refractivity contribution in [1.82, 2.24) is 25.6 Å². The van der Waals surface area contributed by atoms with Gasteiger partial charge in [-0.2, -0.15) is 5.21 Å². The molecule has 0 bridgehead atoms. The molecule has 0 unspecified atom stereocenters. The summed E-state index contributed by atoms with van der Waals surface area (Å²) in [6, 6.07) is 0. The van der Waals surface area contributed by atoms with Crippen molar-refractivity contribution in [3.05, 3.63) is 22.1 Å². The molecule has 0 saturated carbocycles. The van der Waals surface area contributed by atoms with Crippen molar-refractivity contribution >= 4 is 21.5 Å². The van der Waals surface area contributed by atoms with E-state index in [-0.39, 0.29) is 5.00 Å². The first kappa shape index (κ1) is 9.45. The Morgan fingerprint density at radius 3 is 3.13 bits per heavy atom.